The number of aryl methyl sites for hydroxylation is 1. The van der Waals surface area contributed by atoms with Crippen molar-refractivity contribution < 1.29 is 4.74 Å². The molecule has 0 fully saturated rings. The predicted octanol–water partition coefficient (Wildman–Crippen LogP) is 5.46. The monoisotopic (exact) mass is 536 g/mol. The average Bonchev–Trinajstić information content (AvgIpc) is 2.82. The molecule has 3 heterocycles. The highest BCUT2D eigenvalue weighted by Gasteiger charge is 2.08. The van der Waals surface area contributed by atoms with E-state index in [1.165, 1.54) is 11.1 Å². The first-order chi connectivity index (χ1) is 15.7. The summed E-state index contributed by atoms with van der Waals surface area (Å²) < 4.78 is 7.63. The number of aromatic nitrogens is 3. The Labute approximate surface area is 224 Å². The van der Waals surface area contributed by atoms with Gasteiger partial charge in [-0.3, -0.25) is 19.7 Å². The minimum absolute atomic E-state index is 0. The Balaban J connectivity index is 0.00000204. The highest BCUT2D eigenvalue weighted by Crippen LogP contribution is 2.19. The lowest BCUT2D eigenvalue weighted by Crippen LogP contribution is -2.24. The molecule has 6 nitrogen and oxygen atoms in total. The van der Waals surface area contributed by atoms with Crippen molar-refractivity contribution in [1.82, 2.24) is 19.4 Å². The van der Waals surface area contributed by atoms with Crippen LogP contribution in [-0.4, -0.2) is 32.6 Å². The zero-order valence-electron chi connectivity index (χ0n) is 19.6. The van der Waals surface area contributed by atoms with Crippen LogP contribution < -0.4 is 10.3 Å². The third-order valence-corrected chi connectivity index (χ3v) is 5.54. The van der Waals surface area contributed by atoms with Crippen molar-refractivity contribution in [2.24, 2.45) is 7.05 Å². The van der Waals surface area contributed by atoms with Crippen LogP contribution in [0.25, 0.3) is 10.9 Å². The summed E-state index contributed by atoms with van der Waals surface area (Å²) in [6, 6.07) is 17.6. The number of nitrogens with zero attached hydrogens (tertiary/aromatic N) is 4. The van der Waals surface area contributed by atoms with Gasteiger partial charge in [0.2, 0.25) is 0 Å². The maximum absolute atomic E-state index is 11.8. The van der Waals surface area contributed by atoms with Crippen LogP contribution in [0.5, 0.6) is 5.75 Å². The molecular formula is C26H31Cl3N4O2. The van der Waals surface area contributed by atoms with Gasteiger partial charge in [0.15, 0.2) is 0 Å². The van der Waals surface area contributed by atoms with Gasteiger partial charge in [0.1, 0.15) is 5.75 Å². The summed E-state index contributed by atoms with van der Waals surface area (Å²) >= 11 is 0. The normalized spacial score (nSPS) is 10.2. The molecule has 4 aromatic rings. The summed E-state index contributed by atoms with van der Waals surface area (Å²) in [4.78, 5) is 22.5. The largest absolute Gasteiger partial charge is 0.494 e. The van der Waals surface area contributed by atoms with E-state index in [9.17, 15) is 4.79 Å². The van der Waals surface area contributed by atoms with Gasteiger partial charge in [-0.2, -0.15) is 0 Å². The molecule has 188 valence electrons. The third-order valence-electron chi connectivity index (χ3n) is 5.54. The Morgan fingerprint density at radius 1 is 0.800 bits per heavy atom. The Morgan fingerprint density at radius 3 is 2.00 bits per heavy atom. The second-order valence-electron chi connectivity index (χ2n) is 7.93. The molecule has 4 rings (SSSR count). The minimum Gasteiger partial charge on any atom is -0.494 e. The number of rotatable bonds is 10. The van der Waals surface area contributed by atoms with E-state index in [2.05, 4.69) is 39.1 Å². The molecule has 0 atom stereocenters. The van der Waals surface area contributed by atoms with Crippen molar-refractivity contribution in [3.05, 3.63) is 101 Å². The molecule has 0 saturated heterocycles. The number of fused-ring (bicyclic) bond motifs is 1. The van der Waals surface area contributed by atoms with Crippen LogP contribution in [0, 0.1) is 0 Å². The second-order valence-corrected chi connectivity index (χ2v) is 7.93. The third kappa shape index (κ3) is 8.82. The molecule has 0 saturated carbocycles. The lowest BCUT2D eigenvalue weighted by Gasteiger charge is -2.22. The number of ether oxygens (including phenoxy) is 1. The maximum atomic E-state index is 11.8. The van der Waals surface area contributed by atoms with Crippen molar-refractivity contribution in [1.29, 1.82) is 0 Å². The maximum Gasteiger partial charge on any atom is 0.250 e. The molecule has 0 bridgehead atoms. The van der Waals surface area contributed by atoms with Gasteiger partial charge in [-0.05, 0) is 79.0 Å². The Bertz CT molecular complexity index is 1170. The number of benzene rings is 1. The fraction of sp³-hybridized carbons (Fsp3) is 0.269. The molecule has 0 spiro atoms. The minimum atomic E-state index is -0.00532. The van der Waals surface area contributed by atoms with Crippen LogP contribution in [0.1, 0.15) is 24.0 Å². The summed E-state index contributed by atoms with van der Waals surface area (Å²) in [6.45, 7) is 3.41. The molecule has 3 aromatic heterocycles. The van der Waals surface area contributed by atoms with Gasteiger partial charge in [-0.15, -0.1) is 37.2 Å². The van der Waals surface area contributed by atoms with Crippen molar-refractivity contribution in [3.63, 3.8) is 0 Å². The summed E-state index contributed by atoms with van der Waals surface area (Å²) in [6.07, 6.45) is 9.38. The molecule has 0 radical (unpaired) electrons. The predicted molar refractivity (Wildman–Crippen MR) is 148 cm³/mol. The van der Waals surface area contributed by atoms with Gasteiger partial charge >= 0.3 is 0 Å². The van der Waals surface area contributed by atoms with E-state index in [0.29, 0.717) is 6.61 Å². The van der Waals surface area contributed by atoms with Gasteiger partial charge in [-0.25, -0.2) is 0 Å². The van der Waals surface area contributed by atoms with Crippen LogP contribution in [0.15, 0.2) is 84.2 Å². The Kier molecular flexibility index (Phi) is 13.3. The molecule has 0 N–H and O–H groups in total. The van der Waals surface area contributed by atoms with Crippen LogP contribution in [0.4, 0.5) is 0 Å². The fourth-order valence-electron chi connectivity index (χ4n) is 3.79. The van der Waals surface area contributed by atoms with Crippen LogP contribution in [-0.2, 0) is 20.1 Å². The molecule has 0 unspecified atom stereocenters. The summed E-state index contributed by atoms with van der Waals surface area (Å²) in [5.41, 5.74) is 3.42. The van der Waals surface area contributed by atoms with Gasteiger partial charge < -0.3 is 9.30 Å². The number of pyridine rings is 3. The van der Waals surface area contributed by atoms with E-state index in [1.807, 2.05) is 49.1 Å². The van der Waals surface area contributed by atoms with Gasteiger partial charge in [0, 0.05) is 56.4 Å². The topological polar surface area (TPSA) is 60.2 Å². The first-order valence-electron chi connectivity index (χ1n) is 10.9. The number of hydrogen-bond donors (Lipinski definition) is 0. The summed E-state index contributed by atoms with van der Waals surface area (Å²) in [5.74, 6) is 0.835. The molecule has 0 amide bonds. The smallest absolute Gasteiger partial charge is 0.250 e. The van der Waals surface area contributed by atoms with Gasteiger partial charge in [0.05, 0.1) is 12.1 Å². The first kappa shape index (κ1) is 30.4. The summed E-state index contributed by atoms with van der Waals surface area (Å²) in [7, 11) is 1.79. The molecule has 9 heteroatoms. The molecule has 1 aromatic carbocycles. The van der Waals surface area contributed by atoms with E-state index in [1.54, 1.807) is 17.7 Å². The van der Waals surface area contributed by atoms with E-state index < -0.39 is 0 Å². The second kappa shape index (κ2) is 15.4. The number of halogens is 3. The van der Waals surface area contributed by atoms with Crippen molar-refractivity contribution in [2.75, 3.05) is 13.2 Å². The van der Waals surface area contributed by atoms with Crippen molar-refractivity contribution in [3.8, 4) is 5.75 Å². The first-order valence-corrected chi connectivity index (χ1v) is 10.9. The average molecular weight is 538 g/mol. The molecule has 0 aliphatic carbocycles. The lowest BCUT2D eigenvalue weighted by molar-refractivity contribution is 0.236. The van der Waals surface area contributed by atoms with E-state index in [0.717, 1.165) is 49.1 Å². The highest BCUT2D eigenvalue weighted by molar-refractivity contribution is 5.86. The van der Waals surface area contributed by atoms with Crippen LogP contribution >= 0.6 is 37.2 Å². The number of unbranched alkanes of at least 4 members (excludes halogenated alkanes) is 1. The Morgan fingerprint density at radius 2 is 1.40 bits per heavy atom. The molecular weight excluding hydrogens is 507 g/mol. The SMILES string of the molecule is Cl.Cl.Cl.Cn1c(=O)ccc2cc(OCCCCN(Cc3ccncc3)Cc3ccncc3)ccc21. The summed E-state index contributed by atoms with van der Waals surface area (Å²) in [5, 5.41) is 1.01. The van der Waals surface area contributed by atoms with Gasteiger partial charge in [-0.1, -0.05) is 0 Å². The zero-order valence-corrected chi connectivity index (χ0v) is 22.0. The van der Waals surface area contributed by atoms with Crippen molar-refractivity contribution in [2.45, 2.75) is 25.9 Å². The fourth-order valence-corrected chi connectivity index (χ4v) is 3.79. The zero-order chi connectivity index (χ0) is 22.2. The van der Waals surface area contributed by atoms with Gasteiger partial charge in [0.25, 0.3) is 5.56 Å². The van der Waals surface area contributed by atoms with Crippen molar-refractivity contribution >= 4 is 48.1 Å². The van der Waals surface area contributed by atoms with E-state index >= 15 is 0 Å². The molecule has 0 aliphatic rings. The molecule has 35 heavy (non-hydrogen) atoms. The van der Waals surface area contributed by atoms with Crippen LogP contribution in [0.3, 0.4) is 0 Å². The molecule has 0 aliphatic heterocycles. The van der Waals surface area contributed by atoms with E-state index in [4.69, 9.17) is 4.74 Å². The lowest BCUT2D eigenvalue weighted by atomic mass is 10.2. The quantitative estimate of drug-likeness (QED) is 0.252. The van der Waals surface area contributed by atoms with Crippen LogP contribution in [0.2, 0.25) is 0 Å². The highest BCUT2D eigenvalue weighted by atomic mass is 35.5. The van der Waals surface area contributed by atoms with E-state index in [-0.39, 0.29) is 42.8 Å². The number of hydrogen-bond acceptors (Lipinski definition) is 5. The standard InChI is InChI=1S/C26H28N4O2.3ClH/c1-29-25-6-5-24(18-23(25)4-7-26(29)31)32-17-3-2-16-30(19-21-8-12-27-13-9-21)20-22-10-14-28-15-11-22;;;/h4-15,18H,2-3,16-17,19-20H2,1H3;3*1H. The Hall–Kier alpha value is -2.64.